The van der Waals surface area contributed by atoms with Gasteiger partial charge in [0.2, 0.25) is 5.71 Å². The zero-order valence-corrected chi connectivity index (χ0v) is 12.2. The van der Waals surface area contributed by atoms with Crippen molar-refractivity contribution in [2.75, 3.05) is 12.1 Å². The van der Waals surface area contributed by atoms with Crippen LogP contribution < -0.4 is 5.01 Å². The topological polar surface area (TPSA) is 81.1 Å². The monoisotopic (exact) mass is 280 g/mol. The molecule has 0 spiro atoms. The van der Waals surface area contributed by atoms with Crippen LogP contribution in [0.3, 0.4) is 0 Å². The van der Waals surface area contributed by atoms with E-state index < -0.39 is 0 Å². The highest BCUT2D eigenvalue weighted by molar-refractivity contribution is 6.46. The second kappa shape index (κ2) is 6.01. The Morgan fingerprint density at radius 3 is 2.52 bits per heavy atom. The summed E-state index contributed by atoms with van der Waals surface area (Å²) in [5, 5.41) is 27.3. The van der Waals surface area contributed by atoms with E-state index in [1.807, 2.05) is 56.3 Å². The summed E-state index contributed by atoms with van der Waals surface area (Å²) in [6, 6.07) is 13.3. The maximum Gasteiger partial charge on any atom is 0.204 e. The summed E-state index contributed by atoms with van der Waals surface area (Å²) in [6.45, 7) is 3.68. The first-order valence-corrected chi connectivity index (χ1v) is 6.43. The fraction of sp³-hybridized carbons (Fsp3) is 0.200. The van der Waals surface area contributed by atoms with Gasteiger partial charge in [-0.2, -0.15) is 15.5 Å². The SMILES string of the molecule is Cc1cc(C)n(C(=N)C(C#N)=NN(C)c2ccccc2)n1. The first kappa shape index (κ1) is 14.5. The molecule has 0 aliphatic carbocycles. The highest BCUT2D eigenvalue weighted by Gasteiger charge is 2.14. The second-order valence-electron chi connectivity index (χ2n) is 4.61. The average Bonchev–Trinajstić information content (AvgIpc) is 2.83. The normalized spacial score (nSPS) is 11.0. The largest absolute Gasteiger partial charge is 0.280 e. The van der Waals surface area contributed by atoms with Crippen LogP contribution in [0.15, 0.2) is 41.5 Å². The number of nitrogens with zero attached hydrogens (tertiary/aromatic N) is 5. The highest BCUT2D eigenvalue weighted by atomic mass is 15.4. The summed E-state index contributed by atoms with van der Waals surface area (Å²) >= 11 is 0. The van der Waals surface area contributed by atoms with Crippen molar-refractivity contribution in [2.45, 2.75) is 13.8 Å². The lowest BCUT2D eigenvalue weighted by atomic mass is 10.3. The molecular formula is C15H16N6. The van der Waals surface area contributed by atoms with Crippen LogP contribution in [0.5, 0.6) is 0 Å². The smallest absolute Gasteiger partial charge is 0.204 e. The molecule has 0 aliphatic heterocycles. The maximum absolute atomic E-state index is 9.26. The van der Waals surface area contributed by atoms with Gasteiger partial charge in [0.1, 0.15) is 6.07 Å². The van der Waals surface area contributed by atoms with Crippen LogP contribution in [0.2, 0.25) is 0 Å². The van der Waals surface area contributed by atoms with Gasteiger partial charge in [0, 0.05) is 12.7 Å². The van der Waals surface area contributed by atoms with Crippen LogP contribution in [-0.4, -0.2) is 28.4 Å². The molecule has 1 aromatic carbocycles. The molecule has 0 bridgehead atoms. The molecule has 6 nitrogen and oxygen atoms in total. The molecule has 2 rings (SSSR count). The molecule has 21 heavy (non-hydrogen) atoms. The van der Waals surface area contributed by atoms with E-state index in [-0.39, 0.29) is 11.5 Å². The van der Waals surface area contributed by atoms with Gasteiger partial charge < -0.3 is 0 Å². The second-order valence-corrected chi connectivity index (χ2v) is 4.61. The molecule has 106 valence electrons. The van der Waals surface area contributed by atoms with Crippen molar-refractivity contribution in [1.82, 2.24) is 9.78 Å². The quantitative estimate of drug-likeness (QED) is 0.532. The molecule has 0 radical (unpaired) electrons. The third kappa shape index (κ3) is 3.15. The molecule has 0 unspecified atom stereocenters. The van der Waals surface area contributed by atoms with Crippen LogP contribution in [0.4, 0.5) is 5.69 Å². The van der Waals surface area contributed by atoms with E-state index in [4.69, 9.17) is 5.41 Å². The van der Waals surface area contributed by atoms with E-state index in [1.54, 1.807) is 12.1 Å². The number of hydrogen-bond acceptors (Lipinski definition) is 5. The van der Waals surface area contributed by atoms with Gasteiger partial charge in [-0.15, -0.1) is 0 Å². The molecule has 1 heterocycles. The fourth-order valence-corrected chi connectivity index (χ4v) is 1.93. The summed E-state index contributed by atoms with van der Waals surface area (Å²) in [5.41, 5.74) is 2.44. The summed E-state index contributed by atoms with van der Waals surface area (Å²) in [4.78, 5) is 0. The van der Waals surface area contributed by atoms with Gasteiger partial charge in [0.25, 0.3) is 0 Å². The van der Waals surface area contributed by atoms with E-state index in [0.717, 1.165) is 17.1 Å². The van der Waals surface area contributed by atoms with E-state index in [9.17, 15) is 5.26 Å². The lowest BCUT2D eigenvalue weighted by Gasteiger charge is -2.14. The number of hydrogen-bond donors (Lipinski definition) is 1. The summed E-state index contributed by atoms with van der Waals surface area (Å²) in [5.74, 6) is -0.0362. The van der Waals surface area contributed by atoms with Crippen LogP contribution in [0.1, 0.15) is 11.4 Å². The molecule has 1 aromatic heterocycles. The van der Waals surface area contributed by atoms with Gasteiger partial charge in [-0.3, -0.25) is 10.4 Å². The van der Waals surface area contributed by atoms with Crippen molar-refractivity contribution in [3.63, 3.8) is 0 Å². The summed E-state index contributed by atoms with van der Waals surface area (Å²) < 4.78 is 1.41. The van der Waals surface area contributed by atoms with Crippen molar-refractivity contribution in [3.8, 4) is 6.07 Å². The third-order valence-corrected chi connectivity index (χ3v) is 2.93. The number of para-hydroxylation sites is 1. The molecule has 0 saturated heterocycles. The van der Waals surface area contributed by atoms with Gasteiger partial charge in [0.05, 0.1) is 11.4 Å². The molecule has 6 heteroatoms. The highest BCUT2D eigenvalue weighted by Crippen LogP contribution is 2.11. The van der Waals surface area contributed by atoms with Gasteiger partial charge in [-0.1, -0.05) is 18.2 Å². The Bertz CT molecular complexity index is 720. The molecule has 0 fully saturated rings. The maximum atomic E-state index is 9.26. The third-order valence-electron chi connectivity index (χ3n) is 2.93. The van der Waals surface area contributed by atoms with Crippen LogP contribution in [0, 0.1) is 30.6 Å². The van der Waals surface area contributed by atoms with Gasteiger partial charge in [-0.25, -0.2) is 4.68 Å². The van der Waals surface area contributed by atoms with Gasteiger partial charge in [0.15, 0.2) is 5.84 Å². The van der Waals surface area contributed by atoms with E-state index >= 15 is 0 Å². The Kier molecular flexibility index (Phi) is 4.14. The standard InChI is InChI=1S/C15H16N6/c1-11-9-12(2)21(18-11)15(17)14(10-16)19-20(3)13-7-5-4-6-8-13/h4-9,17H,1-3H3. The molecule has 0 atom stereocenters. The van der Waals surface area contributed by atoms with E-state index in [1.165, 1.54) is 4.68 Å². The van der Waals surface area contributed by atoms with Crippen LogP contribution in [0.25, 0.3) is 0 Å². The van der Waals surface area contributed by atoms with Crippen molar-refractivity contribution < 1.29 is 0 Å². The number of hydrazone groups is 1. The number of benzene rings is 1. The average molecular weight is 280 g/mol. The van der Waals surface area contributed by atoms with Crippen molar-refractivity contribution in [1.29, 1.82) is 10.7 Å². The predicted molar refractivity (Wildman–Crippen MR) is 82.7 cm³/mol. The Morgan fingerprint density at radius 1 is 1.33 bits per heavy atom. The summed E-state index contributed by atoms with van der Waals surface area (Å²) in [7, 11) is 1.74. The first-order chi connectivity index (χ1) is 10.0. The number of nitriles is 1. The molecule has 2 aromatic rings. The van der Waals surface area contributed by atoms with Crippen LogP contribution in [-0.2, 0) is 0 Å². The van der Waals surface area contributed by atoms with Gasteiger partial charge >= 0.3 is 0 Å². The molecule has 0 amide bonds. The zero-order valence-electron chi connectivity index (χ0n) is 12.2. The lowest BCUT2D eigenvalue weighted by molar-refractivity contribution is 0.881. The van der Waals surface area contributed by atoms with E-state index in [2.05, 4.69) is 10.2 Å². The number of nitrogens with one attached hydrogen (secondary N) is 1. The Balaban J connectivity index is 2.32. The minimum atomic E-state index is -0.0362. The van der Waals surface area contributed by atoms with Crippen molar-refractivity contribution in [3.05, 3.63) is 47.8 Å². The number of anilines is 1. The van der Waals surface area contributed by atoms with E-state index in [0.29, 0.717) is 0 Å². The van der Waals surface area contributed by atoms with Crippen LogP contribution >= 0.6 is 0 Å². The molecule has 0 saturated carbocycles. The Morgan fingerprint density at radius 2 is 2.00 bits per heavy atom. The predicted octanol–water partition coefficient (Wildman–Crippen LogP) is 2.34. The number of aryl methyl sites for hydroxylation is 2. The molecule has 1 N–H and O–H groups in total. The molecule has 0 aliphatic rings. The first-order valence-electron chi connectivity index (χ1n) is 6.43. The minimum Gasteiger partial charge on any atom is -0.280 e. The fourth-order valence-electron chi connectivity index (χ4n) is 1.93. The molecular weight excluding hydrogens is 264 g/mol. The minimum absolute atomic E-state index is 0.00699. The Hall–Kier alpha value is -2.94. The lowest BCUT2D eigenvalue weighted by Crippen LogP contribution is -2.26. The van der Waals surface area contributed by atoms with Gasteiger partial charge in [-0.05, 0) is 32.0 Å². The Labute approximate surface area is 123 Å². The van der Waals surface area contributed by atoms with Crippen molar-refractivity contribution >= 4 is 17.2 Å². The number of rotatable bonds is 3. The van der Waals surface area contributed by atoms with Crippen molar-refractivity contribution in [2.24, 2.45) is 5.10 Å². The number of aromatic nitrogens is 2. The zero-order chi connectivity index (χ0) is 15.4. The summed E-state index contributed by atoms with van der Waals surface area (Å²) in [6.07, 6.45) is 0.